The molecule has 0 aliphatic carbocycles. The van der Waals surface area contributed by atoms with Crippen molar-refractivity contribution >= 4 is 33.0 Å². The van der Waals surface area contributed by atoms with Crippen LogP contribution in [0.3, 0.4) is 0 Å². The van der Waals surface area contributed by atoms with E-state index in [2.05, 4.69) is 5.16 Å². The summed E-state index contributed by atoms with van der Waals surface area (Å²) in [5, 5.41) is 12.0. The molecule has 6 nitrogen and oxygen atoms in total. The van der Waals surface area contributed by atoms with Crippen molar-refractivity contribution in [1.29, 1.82) is 0 Å². The van der Waals surface area contributed by atoms with Gasteiger partial charge in [0.1, 0.15) is 9.84 Å². The SMILES string of the molecule is CN(CCS(C)(=O)=O)c1cccc(Cl)c1C(N)=NO. The van der Waals surface area contributed by atoms with Crippen molar-refractivity contribution < 1.29 is 13.6 Å². The molecule has 1 aromatic rings. The Balaban J connectivity index is 3.10. The van der Waals surface area contributed by atoms with Gasteiger partial charge in [-0.15, -0.1) is 0 Å². The predicted octanol–water partition coefficient (Wildman–Crippen LogP) is 0.915. The van der Waals surface area contributed by atoms with Gasteiger partial charge in [-0.1, -0.05) is 22.8 Å². The minimum Gasteiger partial charge on any atom is -0.409 e. The van der Waals surface area contributed by atoms with Crippen LogP contribution >= 0.6 is 11.6 Å². The predicted molar refractivity (Wildman–Crippen MR) is 76.9 cm³/mol. The molecule has 1 aromatic carbocycles. The van der Waals surface area contributed by atoms with Crippen LogP contribution in [-0.2, 0) is 9.84 Å². The molecular weight excluding hydrogens is 290 g/mol. The van der Waals surface area contributed by atoms with E-state index in [-0.39, 0.29) is 18.1 Å². The Labute approximate surface area is 117 Å². The first kappa shape index (κ1) is 15.6. The summed E-state index contributed by atoms with van der Waals surface area (Å²) in [7, 11) is -1.35. The maximum atomic E-state index is 11.2. The van der Waals surface area contributed by atoms with Gasteiger partial charge in [-0.25, -0.2) is 8.42 Å². The zero-order chi connectivity index (χ0) is 14.6. The lowest BCUT2D eigenvalue weighted by atomic mass is 10.1. The number of rotatable bonds is 5. The van der Waals surface area contributed by atoms with Crippen LogP contribution in [0.15, 0.2) is 23.4 Å². The molecule has 0 saturated heterocycles. The van der Waals surface area contributed by atoms with Crippen LogP contribution in [-0.4, -0.2) is 45.1 Å². The number of oxime groups is 1. The lowest BCUT2D eigenvalue weighted by Gasteiger charge is -2.22. The second kappa shape index (κ2) is 6.12. The average Bonchev–Trinajstić information content (AvgIpc) is 2.33. The van der Waals surface area contributed by atoms with Crippen LogP contribution < -0.4 is 10.6 Å². The van der Waals surface area contributed by atoms with Crippen LogP contribution in [0.4, 0.5) is 5.69 Å². The quantitative estimate of drug-likeness (QED) is 0.365. The van der Waals surface area contributed by atoms with E-state index in [1.165, 1.54) is 6.26 Å². The van der Waals surface area contributed by atoms with Crippen molar-refractivity contribution in [3.05, 3.63) is 28.8 Å². The van der Waals surface area contributed by atoms with Gasteiger partial charge in [0, 0.05) is 25.5 Å². The van der Waals surface area contributed by atoms with E-state index < -0.39 is 9.84 Å². The van der Waals surface area contributed by atoms with Gasteiger partial charge < -0.3 is 15.8 Å². The van der Waals surface area contributed by atoms with Crippen LogP contribution in [0.1, 0.15) is 5.56 Å². The molecule has 3 N–H and O–H groups in total. The highest BCUT2D eigenvalue weighted by molar-refractivity contribution is 7.90. The van der Waals surface area contributed by atoms with E-state index in [9.17, 15) is 8.42 Å². The summed E-state index contributed by atoms with van der Waals surface area (Å²) >= 11 is 6.02. The second-order valence-corrected chi connectivity index (χ2v) is 6.84. The molecule has 8 heteroatoms. The Bertz CT molecular complexity index is 587. The molecule has 0 fully saturated rings. The van der Waals surface area contributed by atoms with E-state index in [0.717, 1.165) is 0 Å². The Hall–Kier alpha value is -1.47. The smallest absolute Gasteiger partial charge is 0.173 e. The van der Waals surface area contributed by atoms with Crippen molar-refractivity contribution in [2.45, 2.75) is 0 Å². The zero-order valence-corrected chi connectivity index (χ0v) is 12.2. The standard InChI is InChI=1S/C11H16ClN3O3S/c1-15(6-7-19(2,17)18)9-5-3-4-8(12)10(9)11(13)14-16/h3-5,16H,6-7H2,1-2H3,(H2,13,14). The number of nitrogens with zero attached hydrogens (tertiary/aromatic N) is 2. The van der Waals surface area contributed by atoms with E-state index in [4.69, 9.17) is 22.5 Å². The van der Waals surface area contributed by atoms with Crippen LogP contribution in [0, 0.1) is 0 Å². The monoisotopic (exact) mass is 305 g/mol. The second-order valence-electron chi connectivity index (χ2n) is 4.17. The summed E-state index contributed by atoms with van der Waals surface area (Å²) in [6.45, 7) is 0.283. The van der Waals surface area contributed by atoms with Gasteiger partial charge in [0.2, 0.25) is 0 Å². The number of amidine groups is 1. The summed E-state index contributed by atoms with van der Waals surface area (Å²) in [5.74, 6) is -0.113. The lowest BCUT2D eigenvalue weighted by Crippen LogP contribution is -2.28. The Morgan fingerprint density at radius 1 is 1.53 bits per heavy atom. The minimum absolute atomic E-state index is 0.00558. The van der Waals surface area contributed by atoms with Gasteiger partial charge in [-0.2, -0.15) is 0 Å². The molecule has 19 heavy (non-hydrogen) atoms. The first-order chi connectivity index (χ1) is 8.76. The van der Waals surface area contributed by atoms with Gasteiger partial charge in [-0.05, 0) is 12.1 Å². The third-order valence-corrected chi connectivity index (χ3v) is 3.80. The van der Waals surface area contributed by atoms with Crippen LogP contribution in [0.2, 0.25) is 5.02 Å². The van der Waals surface area contributed by atoms with Crippen molar-refractivity contribution in [2.24, 2.45) is 10.9 Å². The molecule has 106 valence electrons. The fourth-order valence-corrected chi connectivity index (χ4v) is 2.43. The third-order valence-electron chi connectivity index (χ3n) is 2.56. The van der Waals surface area contributed by atoms with E-state index in [1.54, 1.807) is 30.1 Å². The normalized spacial score (nSPS) is 12.5. The summed E-state index contributed by atoms with van der Waals surface area (Å²) in [6.07, 6.45) is 1.17. The van der Waals surface area contributed by atoms with Gasteiger partial charge >= 0.3 is 0 Å². The van der Waals surface area contributed by atoms with Crippen LogP contribution in [0.5, 0.6) is 0 Å². The number of benzene rings is 1. The van der Waals surface area contributed by atoms with Gasteiger partial charge in [0.15, 0.2) is 5.84 Å². The summed E-state index contributed by atoms with van der Waals surface area (Å²) in [4.78, 5) is 1.69. The summed E-state index contributed by atoms with van der Waals surface area (Å²) in [5.41, 5.74) is 6.57. The highest BCUT2D eigenvalue weighted by Crippen LogP contribution is 2.26. The largest absolute Gasteiger partial charge is 0.409 e. The van der Waals surface area contributed by atoms with Crippen molar-refractivity contribution in [3.8, 4) is 0 Å². The van der Waals surface area contributed by atoms with Gasteiger partial charge in [0.05, 0.1) is 16.3 Å². The van der Waals surface area contributed by atoms with Crippen LogP contribution in [0.25, 0.3) is 0 Å². The van der Waals surface area contributed by atoms with Crippen molar-refractivity contribution in [3.63, 3.8) is 0 Å². The molecule has 0 unspecified atom stereocenters. The molecule has 0 radical (unpaired) electrons. The number of halogens is 1. The highest BCUT2D eigenvalue weighted by atomic mass is 35.5. The first-order valence-corrected chi connectivity index (χ1v) is 7.85. The average molecular weight is 306 g/mol. The Morgan fingerprint density at radius 2 is 2.16 bits per heavy atom. The molecule has 0 aliphatic rings. The highest BCUT2D eigenvalue weighted by Gasteiger charge is 2.15. The third kappa shape index (κ3) is 4.29. The summed E-state index contributed by atoms with van der Waals surface area (Å²) < 4.78 is 22.3. The molecule has 0 aliphatic heterocycles. The fourth-order valence-electron chi connectivity index (χ4n) is 1.56. The molecule has 0 saturated carbocycles. The molecular formula is C11H16ClN3O3S. The number of sulfone groups is 1. The lowest BCUT2D eigenvalue weighted by molar-refractivity contribution is 0.318. The van der Waals surface area contributed by atoms with E-state index >= 15 is 0 Å². The molecule has 0 atom stereocenters. The van der Waals surface area contributed by atoms with Gasteiger partial charge in [0.25, 0.3) is 0 Å². The van der Waals surface area contributed by atoms with E-state index in [0.29, 0.717) is 16.3 Å². The van der Waals surface area contributed by atoms with Gasteiger partial charge in [-0.3, -0.25) is 0 Å². The maximum Gasteiger partial charge on any atom is 0.173 e. The number of hydrogen-bond acceptors (Lipinski definition) is 5. The molecule has 0 amide bonds. The van der Waals surface area contributed by atoms with Crippen molar-refractivity contribution in [2.75, 3.05) is 30.5 Å². The summed E-state index contributed by atoms with van der Waals surface area (Å²) in [6, 6.07) is 5.05. The molecule has 0 bridgehead atoms. The maximum absolute atomic E-state index is 11.2. The zero-order valence-electron chi connectivity index (χ0n) is 10.7. The number of anilines is 1. The molecule has 0 spiro atoms. The molecule has 0 heterocycles. The number of nitrogens with two attached hydrogens (primary N) is 1. The molecule has 0 aromatic heterocycles. The van der Waals surface area contributed by atoms with Crippen molar-refractivity contribution in [1.82, 2.24) is 0 Å². The fraction of sp³-hybridized carbons (Fsp3) is 0.364. The van der Waals surface area contributed by atoms with E-state index in [1.807, 2.05) is 0 Å². The first-order valence-electron chi connectivity index (χ1n) is 5.41. The Morgan fingerprint density at radius 3 is 2.68 bits per heavy atom. The number of hydrogen-bond donors (Lipinski definition) is 2. The Kier molecular flexibility index (Phi) is 5.02. The topological polar surface area (TPSA) is 96.0 Å². The molecule has 1 rings (SSSR count). The minimum atomic E-state index is -3.06.